The van der Waals surface area contributed by atoms with Crippen molar-refractivity contribution in [1.82, 2.24) is 9.80 Å². The molecule has 1 aliphatic carbocycles. The van der Waals surface area contributed by atoms with Crippen molar-refractivity contribution in [3.05, 3.63) is 71.8 Å². The molecule has 5 rings (SSSR count). The van der Waals surface area contributed by atoms with Crippen molar-refractivity contribution in [3.63, 3.8) is 0 Å². The van der Waals surface area contributed by atoms with Crippen molar-refractivity contribution in [2.24, 2.45) is 23.7 Å². The zero-order valence-corrected chi connectivity index (χ0v) is 23.4. The summed E-state index contributed by atoms with van der Waals surface area (Å²) in [5.41, 5.74) is 2.85. The summed E-state index contributed by atoms with van der Waals surface area (Å²) in [7, 11) is 0. The highest BCUT2D eigenvalue weighted by Gasteiger charge is 2.43. The summed E-state index contributed by atoms with van der Waals surface area (Å²) in [6.45, 7) is 7.69. The van der Waals surface area contributed by atoms with Gasteiger partial charge in [0.15, 0.2) is 0 Å². The lowest BCUT2D eigenvalue weighted by Gasteiger charge is -2.36. The molecule has 1 saturated carbocycles. The molecule has 4 nitrogen and oxygen atoms in total. The molecular formula is C34H48N2O2. The summed E-state index contributed by atoms with van der Waals surface area (Å²) in [4.78, 5) is 17.6. The van der Waals surface area contributed by atoms with E-state index in [-0.39, 0.29) is 6.04 Å². The molecule has 38 heavy (non-hydrogen) atoms. The summed E-state index contributed by atoms with van der Waals surface area (Å²) in [6, 6.07) is 21.5. The zero-order chi connectivity index (χ0) is 26.3. The van der Waals surface area contributed by atoms with Crippen LogP contribution in [0.2, 0.25) is 0 Å². The molecule has 1 N–H and O–H groups in total. The Morgan fingerprint density at radius 3 is 2.21 bits per heavy atom. The quantitative estimate of drug-likeness (QED) is 0.381. The molecule has 0 bridgehead atoms. The lowest BCUT2D eigenvalue weighted by atomic mass is 9.83. The molecule has 3 fully saturated rings. The normalized spacial score (nSPS) is 25.8. The average molecular weight is 517 g/mol. The minimum absolute atomic E-state index is 0.310. The Bertz CT molecular complexity index is 982. The number of hydrogen-bond acceptors (Lipinski definition) is 3. The van der Waals surface area contributed by atoms with Gasteiger partial charge < -0.3 is 10.0 Å². The van der Waals surface area contributed by atoms with Crippen LogP contribution in [0.5, 0.6) is 0 Å². The Morgan fingerprint density at radius 1 is 0.895 bits per heavy atom. The van der Waals surface area contributed by atoms with Crippen molar-refractivity contribution in [2.45, 2.75) is 76.7 Å². The number of likely N-dealkylation sites (tertiary alicyclic amines) is 2. The number of hydrogen-bond donors (Lipinski definition) is 1. The second-order valence-electron chi connectivity index (χ2n) is 12.7. The maximum absolute atomic E-state index is 12.5. The molecule has 3 aliphatic rings. The van der Waals surface area contributed by atoms with Crippen LogP contribution in [-0.4, -0.2) is 59.6 Å². The third kappa shape index (κ3) is 7.07. The molecular weight excluding hydrogens is 468 g/mol. The molecule has 4 heteroatoms. The van der Waals surface area contributed by atoms with Crippen LogP contribution in [0, 0.1) is 23.7 Å². The highest BCUT2D eigenvalue weighted by atomic mass is 16.4. The van der Waals surface area contributed by atoms with Crippen molar-refractivity contribution in [2.75, 3.05) is 32.7 Å². The van der Waals surface area contributed by atoms with E-state index in [0.29, 0.717) is 17.8 Å². The van der Waals surface area contributed by atoms with Gasteiger partial charge in [-0.25, -0.2) is 0 Å². The molecule has 2 aromatic carbocycles. The standard InChI is InChI=1S/C34H48N2O2/c1-26(21-27-11-5-2-6-12-27)22-28-17-19-35(20-18-28)23-31-24-36(25-32(31)29-13-7-3-8-14-29)33(34(37)38)30-15-9-4-10-16-30/h2-3,5-8,11-14,26,28,30-33H,4,9-10,15-25H2,1H3,(H,37,38). The van der Waals surface area contributed by atoms with E-state index in [1.54, 1.807) is 0 Å². The summed E-state index contributed by atoms with van der Waals surface area (Å²) in [5, 5.41) is 10.3. The number of rotatable bonds is 10. The fourth-order valence-electron chi connectivity index (χ4n) is 7.91. The fourth-order valence-corrected chi connectivity index (χ4v) is 7.91. The smallest absolute Gasteiger partial charge is 0.321 e. The summed E-state index contributed by atoms with van der Waals surface area (Å²) < 4.78 is 0. The van der Waals surface area contributed by atoms with Gasteiger partial charge in [-0.05, 0) is 86.4 Å². The van der Waals surface area contributed by atoms with Gasteiger partial charge in [0.1, 0.15) is 6.04 Å². The van der Waals surface area contributed by atoms with E-state index in [0.717, 1.165) is 44.3 Å². The van der Waals surface area contributed by atoms with Gasteiger partial charge in [0, 0.05) is 25.6 Å². The largest absolute Gasteiger partial charge is 0.480 e. The molecule has 4 atom stereocenters. The number of piperidine rings is 1. The Hall–Kier alpha value is -2.17. The first-order valence-electron chi connectivity index (χ1n) is 15.3. The molecule has 0 radical (unpaired) electrons. The van der Waals surface area contributed by atoms with Crippen LogP contribution in [0.3, 0.4) is 0 Å². The maximum atomic E-state index is 12.5. The third-order valence-corrected chi connectivity index (χ3v) is 9.80. The fraction of sp³-hybridized carbons (Fsp3) is 0.618. The molecule has 0 amide bonds. The first-order valence-corrected chi connectivity index (χ1v) is 15.3. The Labute approximate surface area is 230 Å². The predicted octanol–water partition coefficient (Wildman–Crippen LogP) is 6.72. The van der Waals surface area contributed by atoms with Crippen LogP contribution < -0.4 is 0 Å². The van der Waals surface area contributed by atoms with E-state index in [1.807, 2.05) is 0 Å². The molecule has 2 aliphatic heterocycles. The van der Waals surface area contributed by atoms with Crippen molar-refractivity contribution in [3.8, 4) is 0 Å². The van der Waals surface area contributed by atoms with Crippen LogP contribution in [0.1, 0.15) is 75.3 Å². The van der Waals surface area contributed by atoms with Crippen molar-refractivity contribution >= 4 is 5.97 Å². The van der Waals surface area contributed by atoms with E-state index in [1.165, 1.54) is 69.2 Å². The van der Waals surface area contributed by atoms with Gasteiger partial charge in [-0.2, -0.15) is 0 Å². The molecule has 2 heterocycles. The predicted molar refractivity (Wildman–Crippen MR) is 155 cm³/mol. The second-order valence-corrected chi connectivity index (χ2v) is 12.7. The number of nitrogens with zero attached hydrogens (tertiary/aromatic N) is 2. The zero-order valence-electron chi connectivity index (χ0n) is 23.4. The summed E-state index contributed by atoms with van der Waals surface area (Å²) >= 11 is 0. The van der Waals surface area contributed by atoms with Crippen molar-refractivity contribution in [1.29, 1.82) is 0 Å². The van der Waals surface area contributed by atoms with E-state index < -0.39 is 5.97 Å². The number of carboxylic acids is 1. The highest BCUT2D eigenvalue weighted by Crippen LogP contribution is 2.39. The number of benzene rings is 2. The van der Waals surface area contributed by atoms with Gasteiger partial charge in [-0.3, -0.25) is 9.69 Å². The van der Waals surface area contributed by atoms with Gasteiger partial charge in [-0.1, -0.05) is 86.8 Å². The molecule has 4 unspecified atom stereocenters. The van der Waals surface area contributed by atoms with Gasteiger partial charge in [0.05, 0.1) is 0 Å². The van der Waals surface area contributed by atoms with Crippen LogP contribution in [0.25, 0.3) is 0 Å². The van der Waals surface area contributed by atoms with E-state index >= 15 is 0 Å². The monoisotopic (exact) mass is 516 g/mol. The van der Waals surface area contributed by atoms with E-state index in [2.05, 4.69) is 77.4 Å². The van der Waals surface area contributed by atoms with Crippen LogP contribution >= 0.6 is 0 Å². The van der Waals surface area contributed by atoms with E-state index in [9.17, 15) is 9.90 Å². The third-order valence-electron chi connectivity index (χ3n) is 9.80. The van der Waals surface area contributed by atoms with Crippen LogP contribution in [0.4, 0.5) is 0 Å². The Balaban J connectivity index is 1.19. The first kappa shape index (κ1) is 27.4. The Kier molecular flexibility index (Phi) is 9.56. The number of aliphatic carboxylic acids is 1. The van der Waals surface area contributed by atoms with Crippen LogP contribution in [-0.2, 0) is 11.2 Å². The van der Waals surface area contributed by atoms with Gasteiger partial charge >= 0.3 is 5.97 Å². The SMILES string of the molecule is CC(Cc1ccccc1)CC1CCN(CC2CN(C(C(=O)O)C3CCCCC3)CC2c2ccccc2)CC1. The number of carbonyl (C=O) groups is 1. The second kappa shape index (κ2) is 13.3. The molecule has 2 saturated heterocycles. The van der Waals surface area contributed by atoms with Gasteiger partial charge in [0.2, 0.25) is 0 Å². The topological polar surface area (TPSA) is 43.8 Å². The minimum atomic E-state index is -0.602. The molecule has 0 spiro atoms. The maximum Gasteiger partial charge on any atom is 0.321 e. The Morgan fingerprint density at radius 2 is 1.55 bits per heavy atom. The lowest BCUT2D eigenvalue weighted by Crippen LogP contribution is -2.46. The number of carboxylic acid groups (broad SMARTS) is 1. The first-order chi connectivity index (χ1) is 18.6. The van der Waals surface area contributed by atoms with Crippen molar-refractivity contribution < 1.29 is 9.90 Å². The van der Waals surface area contributed by atoms with Gasteiger partial charge in [0.25, 0.3) is 0 Å². The van der Waals surface area contributed by atoms with Crippen LogP contribution in [0.15, 0.2) is 60.7 Å². The minimum Gasteiger partial charge on any atom is -0.480 e. The average Bonchev–Trinajstić information content (AvgIpc) is 3.34. The highest BCUT2D eigenvalue weighted by molar-refractivity contribution is 5.74. The molecule has 206 valence electrons. The molecule has 2 aromatic rings. The summed E-state index contributed by atoms with van der Waals surface area (Å²) in [5.74, 6) is 2.19. The molecule has 0 aromatic heterocycles. The lowest BCUT2D eigenvalue weighted by molar-refractivity contribution is -0.145. The summed E-state index contributed by atoms with van der Waals surface area (Å²) in [6.07, 6.45) is 10.9. The van der Waals surface area contributed by atoms with Gasteiger partial charge in [-0.15, -0.1) is 0 Å². The van der Waals surface area contributed by atoms with E-state index in [4.69, 9.17) is 0 Å².